The van der Waals surface area contributed by atoms with E-state index in [9.17, 15) is 8.42 Å². The number of rotatable bonds is 3. The number of hydrogen-bond acceptors (Lipinski definition) is 5. The number of aromatic nitrogens is 1. The molecule has 19 heavy (non-hydrogen) atoms. The summed E-state index contributed by atoms with van der Waals surface area (Å²) >= 11 is 1.74. The predicted molar refractivity (Wildman–Crippen MR) is 79.3 cm³/mol. The van der Waals surface area contributed by atoms with Gasteiger partial charge in [0, 0.05) is 17.6 Å². The van der Waals surface area contributed by atoms with Crippen molar-refractivity contribution >= 4 is 21.2 Å². The van der Waals surface area contributed by atoms with Gasteiger partial charge in [-0.1, -0.05) is 13.8 Å². The first-order valence-electron chi connectivity index (χ1n) is 6.77. The van der Waals surface area contributed by atoms with Crippen molar-refractivity contribution in [3.05, 3.63) is 16.1 Å². The highest BCUT2D eigenvalue weighted by atomic mass is 32.2. The second-order valence-electron chi connectivity index (χ2n) is 5.55. The zero-order valence-electron chi connectivity index (χ0n) is 11.8. The Hall–Kier alpha value is -0.460. The van der Waals surface area contributed by atoms with E-state index >= 15 is 0 Å². The molecule has 1 aliphatic heterocycles. The second-order valence-corrected chi connectivity index (χ2v) is 9.24. The maximum absolute atomic E-state index is 11.9. The lowest BCUT2D eigenvalue weighted by molar-refractivity contribution is 0.283. The molecule has 0 bridgehead atoms. The molecule has 1 aromatic rings. The molecule has 0 saturated carbocycles. The molecule has 0 radical (unpaired) electrons. The van der Waals surface area contributed by atoms with Crippen LogP contribution in [0.25, 0.3) is 0 Å². The van der Waals surface area contributed by atoms with Gasteiger partial charge in [0.25, 0.3) is 0 Å². The summed E-state index contributed by atoms with van der Waals surface area (Å²) in [7, 11) is -2.89. The molecule has 0 N–H and O–H groups in total. The van der Waals surface area contributed by atoms with Crippen molar-refractivity contribution in [1.82, 2.24) is 9.88 Å². The summed E-state index contributed by atoms with van der Waals surface area (Å²) in [4.78, 5) is 7.95. The van der Waals surface area contributed by atoms with Crippen LogP contribution in [0.3, 0.4) is 0 Å². The molecule has 0 amide bonds. The van der Waals surface area contributed by atoms with Gasteiger partial charge in [0.15, 0.2) is 9.84 Å². The lowest BCUT2D eigenvalue weighted by atomic mass is 10.2. The highest BCUT2D eigenvalue weighted by Crippen LogP contribution is 2.23. The maximum Gasteiger partial charge on any atom is 0.154 e. The van der Waals surface area contributed by atoms with Crippen LogP contribution in [0.4, 0.5) is 0 Å². The van der Waals surface area contributed by atoms with Crippen LogP contribution in [0.2, 0.25) is 0 Å². The Morgan fingerprint density at radius 2 is 2.21 bits per heavy atom. The van der Waals surface area contributed by atoms with Crippen LogP contribution >= 0.6 is 11.3 Å². The number of nitrogens with zero attached hydrogens (tertiary/aromatic N) is 2. The fourth-order valence-electron chi connectivity index (χ4n) is 2.13. The standard InChI is InChI=1S/C13H22N2O2S2/c1-10(2)12-8-14-13(18-12)9-15-5-4-11(3)19(16,17)7-6-15/h8,10-11H,4-7,9H2,1-3H3/t11-/m1/s1. The average molecular weight is 302 g/mol. The molecule has 0 unspecified atom stereocenters. The summed E-state index contributed by atoms with van der Waals surface area (Å²) in [5.41, 5.74) is 0. The Kier molecular flexibility index (Phi) is 4.63. The minimum Gasteiger partial charge on any atom is -0.296 e. The molecule has 1 atom stereocenters. The monoisotopic (exact) mass is 302 g/mol. The van der Waals surface area contributed by atoms with Gasteiger partial charge in [-0.05, 0) is 25.8 Å². The third-order valence-corrected chi connectivity index (χ3v) is 7.15. The van der Waals surface area contributed by atoms with E-state index in [-0.39, 0.29) is 11.0 Å². The van der Waals surface area contributed by atoms with Crippen LogP contribution in [0.15, 0.2) is 6.20 Å². The number of sulfone groups is 1. The lowest BCUT2D eigenvalue weighted by Crippen LogP contribution is -2.26. The topological polar surface area (TPSA) is 50.3 Å². The first-order chi connectivity index (χ1) is 8.88. The van der Waals surface area contributed by atoms with E-state index in [1.54, 1.807) is 11.3 Å². The van der Waals surface area contributed by atoms with Crippen LogP contribution in [0.1, 0.15) is 43.0 Å². The van der Waals surface area contributed by atoms with E-state index in [2.05, 4.69) is 23.7 Å². The van der Waals surface area contributed by atoms with Crippen LogP contribution in [0.5, 0.6) is 0 Å². The molecular weight excluding hydrogens is 280 g/mol. The first-order valence-corrected chi connectivity index (χ1v) is 9.30. The summed E-state index contributed by atoms with van der Waals surface area (Å²) in [6, 6.07) is 0. The Morgan fingerprint density at radius 3 is 2.84 bits per heavy atom. The third-order valence-electron chi connectivity index (χ3n) is 3.66. The summed E-state index contributed by atoms with van der Waals surface area (Å²) in [5.74, 6) is 0.784. The lowest BCUT2D eigenvalue weighted by Gasteiger charge is -2.17. The van der Waals surface area contributed by atoms with E-state index in [1.807, 2.05) is 13.1 Å². The van der Waals surface area contributed by atoms with Gasteiger partial charge in [0.1, 0.15) is 5.01 Å². The van der Waals surface area contributed by atoms with Crippen molar-refractivity contribution in [2.45, 2.75) is 44.9 Å². The van der Waals surface area contributed by atoms with Gasteiger partial charge >= 0.3 is 0 Å². The van der Waals surface area contributed by atoms with Gasteiger partial charge in [-0.2, -0.15) is 0 Å². The highest BCUT2D eigenvalue weighted by Gasteiger charge is 2.26. The molecule has 1 aliphatic rings. The van der Waals surface area contributed by atoms with E-state index in [4.69, 9.17) is 0 Å². The van der Waals surface area contributed by atoms with Crippen LogP contribution in [0, 0.1) is 0 Å². The minimum atomic E-state index is -2.89. The van der Waals surface area contributed by atoms with Crippen molar-refractivity contribution in [1.29, 1.82) is 0 Å². The molecule has 6 heteroatoms. The van der Waals surface area contributed by atoms with Gasteiger partial charge in [0.2, 0.25) is 0 Å². The highest BCUT2D eigenvalue weighted by molar-refractivity contribution is 7.92. The van der Waals surface area contributed by atoms with E-state index < -0.39 is 9.84 Å². The van der Waals surface area contributed by atoms with Crippen LogP contribution in [-0.2, 0) is 16.4 Å². The van der Waals surface area contributed by atoms with Gasteiger partial charge in [-0.3, -0.25) is 4.90 Å². The molecular formula is C13H22N2O2S2. The Bertz CT molecular complexity index is 523. The molecule has 1 saturated heterocycles. The molecule has 2 rings (SSSR count). The largest absolute Gasteiger partial charge is 0.296 e. The molecule has 1 fully saturated rings. The normalized spacial score (nSPS) is 24.5. The molecule has 4 nitrogen and oxygen atoms in total. The zero-order chi connectivity index (χ0) is 14.0. The molecule has 1 aromatic heterocycles. The number of hydrogen-bond donors (Lipinski definition) is 0. The Balaban J connectivity index is 1.99. The first kappa shape index (κ1) is 14.9. The molecule has 0 aromatic carbocycles. The quantitative estimate of drug-likeness (QED) is 0.859. The van der Waals surface area contributed by atoms with Crippen molar-refractivity contribution in [3.8, 4) is 0 Å². The van der Waals surface area contributed by atoms with Gasteiger partial charge < -0.3 is 0 Å². The summed E-state index contributed by atoms with van der Waals surface area (Å²) < 4.78 is 23.7. The van der Waals surface area contributed by atoms with Crippen molar-refractivity contribution < 1.29 is 8.42 Å². The van der Waals surface area contributed by atoms with Crippen LogP contribution in [-0.4, -0.2) is 42.4 Å². The predicted octanol–water partition coefficient (Wildman–Crippen LogP) is 2.28. The van der Waals surface area contributed by atoms with Crippen molar-refractivity contribution in [2.24, 2.45) is 0 Å². The minimum absolute atomic E-state index is 0.208. The smallest absolute Gasteiger partial charge is 0.154 e. The zero-order valence-corrected chi connectivity index (χ0v) is 13.4. The van der Waals surface area contributed by atoms with E-state index in [0.717, 1.165) is 24.5 Å². The summed E-state index contributed by atoms with van der Waals surface area (Å²) in [6.45, 7) is 8.40. The fourth-order valence-corrected chi connectivity index (χ4v) is 4.47. The Labute approximate surface area is 119 Å². The summed E-state index contributed by atoms with van der Waals surface area (Å²) in [6.07, 6.45) is 2.67. The molecule has 0 aliphatic carbocycles. The summed E-state index contributed by atoms with van der Waals surface area (Å²) in [5, 5.41) is 0.885. The fraction of sp³-hybridized carbons (Fsp3) is 0.769. The van der Waals surface area contributed by atoms with E-state index in [0.29, 0.717) is 12.5 Å². The maximum atomic E-state index is 11.9. The van der Waals surface area contributed by atoms with Gasteiger partial charge in [-0.15, -0.1) is 11.3 Å². The van der Waals surface area contributed by atoms with Crippen molar-refractivity contribution in [3.63, 3.8) is 0 Å². The molecule has 108 valence electrons. The number of thiazole rings is 1. The average Bonchev–Trinajstić information content (AvgIpc) is 2.76. The SMILES string of the molecule is CC(C)c1cnc(CN2CC[C@@H](C)S(=O)(=O)CC2)s1. The third kappa shape index (κ3) is 3.77. The van der Waals surface area contributed by atoms with Gasteiger partial charge in [0.05, 0.1) is 17.5 Å². The van der Waals surface area contributed by atoms with Crippen molar-refractivity contribution in [2.75, 3.05) is 18.8 Å². The molecule has 0 spiro atoms. The van der Waals surface area contributed by atoms with Gasteiger partial charge in [-0.25, -0.2) is 13.4 Å². The van der Waals surface area contributed by atoms with E-state index in [1.165, 1.54) is 4.88 Å². The van der Waals surface area contributed by atoms with Crippen LogP contribution < -0.4 is 0 Å². The second kappa shape index (κ2) is 5.89. The Morgan fingerprint density at radius 1 is 1.47 bits per heavy atom. The molecule has 2 heterocycles.